The van der Waals surface area contributed by atoms with Crippen LogP contribution in [0.1, 0.15) is 24.6 Å². The highest BCUT2D eigenvalue weighted by Gasteiger charge is 2.17. The summed E-state index contributed by atoms with van der Waals surface area (Å²) in [6.07, 6.45) is 1.17. The smallest absolute Gasteiger partial charge is 0.130 e. The first kappa shape index (κ1) is 15.5. The molecule has 1 aromatic heterocycles. The normalized spacial score (nSPS) is 11.3. The molecule has 0 aromatic carbocycles. The second-order valence-corrected chi connectivity index (χ2v) is 5.44. The van der Waals surface area contributed by atoms with Crippen molar-refractivity contribution in [2.24, 2.45) is 7.05 Å². The van der Waals surface area contributed by atoms with Gasteiger partial charge < -0.3 is 9.80 Å². The molecule has 0 saturated carbocycles. The maximum atomic E-state index is 4.53. The van der Waals surface area contributed by atoms with Crippen molar-refractivity contribution in [1.82, 2.24) is 14.7 Å². The van der Waals surface area contributed by atoms with E-state index >= 15 is 0 Å². The van der Waals surface area contributed by atoms with Crippen LogP contribution < -0.4 is 4.90 Å². The highest BCUT2D eigenvalue weighted by Crippen LogP contribution is 2.25. The number of nitrogens with zero attached hydrogens (tertiary/aromatic N) is 4. The first-order chi connectivity index (χ1) is 8.51. The average molecular weight is 317 g/mol. The van der Waals surface area contributed by atoms with E-state index in [2.05, 4.69) is 58.8 Å². The molecule has 0 aliphatic carbocycles. The fourth-order valence-corrected chi connectivity index (χ4v) is 2.89. The number of anilines is 1. The van der Waals surface area contributed by atoms with Crippen molar-refractivity contribution < 1.29 is 0 Å². The van der Waals surface area contributed by atoms with Crippen LogP contribution in [0.5, 0.6) is 0 Å². The maximum Gasteiger partial charge on any atom is 0.130 e. The zero-order valence-corrected chi connectivity index (χ0v) is 13.8. The number of aromatic nitrogens is 2. The summed E-state index contributed by atoms with van der Waals surface area (Å²) in [4.78, 5) is 4.65. The molecule has 4 nitrogen and oxygen atoms in total. The van der Waals surface area contributed by atoms with Crippen molar-refractivity contribution in [2.75, 3.05) is 38.6 Å². The minimum atomic E-state index is 0.867. The molecule has 0 spiro atoms. The molecule has 0 fully saturated rings. The Morgan fingerprint density at radius 2 is 1.94 bits per heavy atom. The Kier molecular flexibility index (Phi) is 6.15. The molecular weight excluding hydrogens is 292 g/mol. The summed E-state index contributed by atoms with van der Waals surface area (Å²) >= 11 is 3.57. The summed E-state index contributed by atoms with van der Waals surface area (Å²) in [6.45, 7) is 7.50. The standard InChI is InChI=1S/C13H25BrN4/c1-6-18(9-7-8-16(3)4)13-12(10-14)11(2)15-17(13)5/h6-10H2,1-5H3. The lowest BCUT2D eigenvalue weighted by Crippen LogP contribution is -2.29. The van der Waals surface area contributed by atoms with E-state index in [0.29, 0.717) is 0 Å². The summed E-state index contributed by atoms with van der Waals surface area (Å²) in [6, 6.07) is 0. The number of alkyl halides is 1. The Hall–Kier alpha value is -0.550. The van der Waals surface area contributed by atoms with E-state index in [0.717, 1.165) is 30.7 Å². The molecule has 0 radical (unpaired) electrons. The van der Waals surface area contributed by atoms with Crippen molar-refractivity contribution in [2.45, 2.75) is 25.6 Å². The molecule has 0 aliphatic rings. The first-order valence-electron chi connectivity index (χ1n) is 6.49. The predicted molar refractivity (Wildman–Crippen MR) is 81.6 cm³/mol. The van der Waals surface area contributed by atoms with Crippen molar-refractivity contribution in [3.8, 4) is 0 Å². The summed E-state index contributed by atoms with van der Waals surface area (Å²) < 4.78 is 2.01. The third kappa shape index (κ3) is 3.72. The number of rotatable bonds is 7. The lowest BCUT2D eigenvalue weighted by molar-refractivity contribution is 0.400. The van der Waals surface area contributed by atoms with Crippen LogP contribution in [0.2, 0.25) is 0 Å². The molecule has 0 bridgehead atoms. The van der Waals surface area contributed by atoms with E-state index in [-0.39, 0.29) is 0 Å². The molecule has 5 heteroatoms. The third-order valence-corrected chi connectivity index (χ3v) is 3.72. The largest absolute Gasteiger partial charge is 0.357 e. The first-order valence-corrected chi connectivity index (χ1v) is 7.61. The van der Waals surface area contributed by atoms with Gasteiger partial charge in [-0.05, 0) is 40.9 Å². The maximum absolute atomic E-state index is 4.53. The summed E-state index contributed by atoms with van der Waals surface area (Å²) in [5, 5.41) is 5.40. The second-order valence-electron chi connectivity index (χ2n) is 4.88. The van der Waals surface area contributed by atoms with Crippen LogP contribution in [0.25, 0.3) is 0 Å². The van der Waals surface area contributed by atoms with Gasteiger partial charge in [-0.1, -0.05) is 15.9 Å². The minimum absolute atomic E-state index is 0.867. The quantitative estimate of drug-likeness (QED) is 0.722. The molecule has 0 N–H and O–H groups in total. The molecule has 0 amide bonds. The number of aryl methyl sites for hydroxylation is 2. The van der Waals surface area contributed by atoms with E-state index < -0.39 is 0 Å². The molecule has 0 aliphatic heterocycles. The van der Waals surface area contributed by atoms with Gasteiger partial charge in [-0.2, -0.15) is 5.10 Å². The van der Waals surface area contributed by atoms with Crippen molar-refractivity contribution in [3.63, 3.8) is 0 Å². The zero-order valence-electron chi connectivity index (χ0n) is 12.2. The van der Waals surface area contributed by atoms with Gasteiger partial charge in [0, 0.05) is 31.0 Å². The molecule has 104 valence electrons. The average Bonchev–Trinajstić information content (AvgIpc) is 2.59. The van der Waals surface area contributed by atoms with Crippen LogP contribution in [0.15, 0.2) is 0 Å². The van der Waals surface area contributed by atoms with Gasteiger partial charge in [-0.15, -0.1) is 0 Å². The molecule has 0 saturated heterocycles. The number of hydrogen-bond acceptors (Lipinski definition) is 3. The molecule has 0 atom stereocenters. The zero-order chi connectivity index (χ0) is 13.7. The monoisotopic (exact) mass is 316 g/mol. The van der Waals surface area contributed by atoms with Crippen molar-refractivity contribution >= 4 is 21.7 Å². The van der Waals surface area contributed by atoms with Gasteiger partial charge in [0.2, 0.25) is 0 Å². The fourth-order valence-electron chi connectivity index (χ4n) is 2.23. The van der Waals surface area contributed by atoms with Crippen LogP contribution in [0, 0.1) is 6.92 Å². The molecule has 1 rings (SSSR count). The van der Waals surface area contributed by atoms with Crippen molar-refractivity contribution in [3.05, 3.63) is 11.3 Å². The Labute approximate surface area is 119 Å². The lowest BCUT2D eigenvalue weighted by atomic mass is 10.2. The lowest BCUT2D eigenvalue weighted by Gasteiger charge is -2.25. The molecule has 0 unspecified atom stereocenters. The summed E-state index contributed by atoms with van der Waals surface area (Å²) in [5.41, 5.74) is 2.43. The van der Waals surface area contributed by atoms with Gasteiger partial charge >= 0.3 is 0 Å². The second kappa shape index (κ2) is 7.14. The van der Waals surface area contributed by atoms with Crippen LogP contribution >= 0.6 is 15.9 Å². The van der Waals surface area contributed by atoms with Gasteiger partial charge in [0.25, 0.3) is 0 Å². The van der Waals surface area contributed by atoms with Crippen LogP contribution in [-0.4, -0.2) is 48.4 Å². The van der Waals surface area contributed by atoms with Gasteiger partial charge in [-0.3, -0.25) is 4.68 Å². The Balaban J connectivity index is 2.81. The van der Waals surface area contributed by atoms with E-state index in [9.17, 15) is 0 Å². The van der Waals surface area contributed by atoms with Crippen LogP contribution in [0.3, 0.4) is 0 Å². The van der Waals surface area contributed by atoms with Crippen molar-refractivity contribution in [1.29, 1.82) is 0 Å². The van der Waals surface area contributed by atoms with Gasteiger partial charge in [0.1, 0.15) is 5.82 Å². The van der Waals surface area contributed by atoms with E-state index in [4.69, 9.17) is 0 Å². The van der Waals surface area contributed by atoms with E-state index in [1.54, 1.807) is 0 Å². The molecule has 1 aromatic rings. The summed E-state index contributed by atoms with van der Waals surface area (Å²) in [7, 11) is 6.27. The Morgan fingerprint density at radius 3 is 2.44 bits per heavy atom. The topological polar surface area (TPSA) is 24.3 Å². The third-order valence-electron chi connectivity index (χ3n) is 3.16. The van der Waals surface area contributed by atoms with Gasteiger partial charge in [-0.25, -0.2) is 0 Å². The predicted octanol–water partition coefficient (Wildman–Crippen LogP) is 2.40. The van der Waals surface area contributed by atoms with Crippen LogP contribution in [0.4, 0.5) is 5.82 Å². The number of halogens is 1. The number of hydrogen-bond donors (Lipinski definition) is 0. The highest BCUT2D eigenvalue weighted by molar-refractivity contribution is 9.08. The Morgan fingerprint density at radius 1 is 1.28 bits per heavy atom. The Bertz CT molecular complexity index is 373. The molecular formula is C13H25BrN4. The summed E-state index contributed by atoms with van der Waals surface area (Å²) in [5.74, 6) is 1.26. The fraction of sp³-hybridized carbons (Fsp3) is 0.769. The van der Waals surface area contributed by atoms with Gasteiger partial charge in [0.15, 0.2) is 0 Å². The minimum Gasteiger partial charge on any atom is -0.357 e. The van der Waals surface area contributed by atoms with E-state index in [1.165, 1.54) is 17.8 Å². The SMILES string of the molecule is CCN(CCCN(C)C)c1c(CBr)c(C)nn1C. The highest BCUT2D eigenvalue weighted by atomic mass is 79.9. The van der Waals surface area contributed by atoms with Crippen LogP contribution in [-0.2, 0) is 12.4 Å². The van der Waals surface area contributed by atoms with Gasteiger partial charge in [0.05, 0.1) is 5.69 Å². The van der Waals surface area contributed by atoms with E-state index in [1.807, 2.05) is 11.7 Å². The molecule has 1 heterocycles. The molecule has 18 heavy (non-hydrogen) atoms.